The molecule has 0 N–H and O–H groups in total. The Labute approximate surface area is 90.7 Å². The first-order valence-electron chi connectivity index (χ1n) is 4.78. The van der Waals surface area contributed by atoms with Gasteiger partial charge in [0, 0.05) is 12.4 Å². The molecule has 0 radical (unpaired) electrons. The molecule has 0 saturated heterocycles. The number of methoxy groups -OCH3 is 1. The largest absolute Gasteiger partial charge is 0.379 e. The predicted molar refractivity (Wildman–Crippen MR) is 62.5 cm³/mol. The maximum atomic E-state index is 5.35. The molecule has 0 aliphatic heterocycles. The van der Waals surface area contributed by atoms with E-state index in [2.05, 4.69) is 42.8 Å². The third-order valence-corrected chi connectivity index (χ3v) is 2.65. The van der Waals surface area contributed by atoms with Crippen molar-refractivity contribution in [2.24, 2.45) is 0 Å². The van der Waals surface area contributed by atoms with Crippen LogP contribution in [-0.4, -0.2) is 18.0 Å². The monoisotopic (exact) mass is 248 g/mol. The standard InChI is InChI=1S/C11H21BrO/c1-10(7-9-12)6-5-8-11(2,3)13-4/h7H,5-6,8-9H2,1-4H3/b10-7+. The fourth-order valence-electron chi connectivity index (χ4n) is 1.13. The summed E-state index contributed by atoms with van der Waals surface area (Å²) in [5.41, 5.74) is 1.50. The third-order valence-electron chi connectivity index (χ3n) is 2.33. The molecule has 13 heavy (non-hydrogen) atoms. The van der Waals surface area contributed by atoms with Gasteiger partial charge in [-0.2, -0.15) is 0 Å². The van der Waals surface area contributed by atoms with Gasteiger partial charge in [-0.25, -0.2) is 0 Å². The molecule has 0 unspecified atom stereocenters. The van der Waals surface area contributed by atoms with Gasteiger partial charge < -0.3 is 4.74 Å². The van der Waals surface area contributed by atoms with E-state index in [9.17, 15) is 0 Å². The van der Waals surface area contributed by atoms with E-state index < -0.39 is 0 Å². The maximum absolute atomic E-state index is 5.35. The first kappa shape index (κ1) is 13.2. The minimum atomic E-state index is 0.0364. The van der Waals surface area contributed by atoms with Crippen LogP contribution < -0.4 is 0 Å². The van der Waals surface area contributed by atoms with Gasteiger partial charge in [0.2, 0.25) is 0 Å². The lowest BCUT2D eigenvalue weighted by atomic mass is 9.99. The van der Waals surface area contributed by atoms with Gasteiger partial charge in [-0.3, -0.25) is 0 Å². The van der Waals surface area contributed by atoms with Crippen LogP contribution in [0.5, 0.6) is 0 Å². The van der Waals surface area contributed by atoms with Crippen molar-refractivity contribution in [3.63, 3.8) is 0 Å². The molecule has 0 aromatic carbocycles. The van der Waals surface area contributed by atoms with Crippen LogP contribution in [0, 0.1) is 0 Å². The van der Waals surface area contributed by atoms with Crippen molar-refractivity contribution in [2.75, 3.05) is 12.4 Å². The molecule has 0 aliphatic carbocycles. The molecule has 0 rings (SSSR count). The zero-order chi connectivity index (χ0) is 10.3. The average Bonchev–Trinajstić information content (AvgIpc) is 2.05. The van der Waals surface area contributed by atoms with E-state index in [0.29, 0.717) is 0 Å². The molecule has 0 amide bonds. The van der Waals surface area contributed by atoms with Crippen molar-refractivity contribution >= 4 is 15.9 Å². The van der Waals surface area contributed by atoms with Crippen molar-refractivity contribution in [1.82, 2.24) is 0 Å². The molecule has 0 saturated carbocycles. The van der Waals surface area contributed by atoms with E-state index in [1.54, 1.807) is 7.11 Å². The van der Waals surface area contributed by atoms with Crippen LogP contribution in [0.4, 0.5) is 0 Å². The number of ether oxygens (including phenoxy) is 1. The van der Waals surface area contributed by atoms with E-state index >= 15 is 0 Å². The summed E-state index contributed by atoms with van der Waals surface area (Å²) < 4.78 is 5.35. The molecule has 0 aromatic heterocycles. The van der Waals surface area contributed by atoms with E-state index in [1.807, 2.05) is 0 Å². The lowest BCUT2D eigenvalue weighted by Crippen LogP contribution is -2.21. The Morgan fingerprint density at radius 1 is 1.46 bits per heavy atom. The lowest BCUT2D eigenvalue weighted by Gasteiger charge is -2.22. The Hall–Kier alpha value is 0.180. The summed E-state index contributed by atoms with van der Waals surface area (Å²) in [6.45, 7) is 6.45. The van der Waals surface area contributed by atoms with Crippen LogP contribution in [0.3, 0.4) is 0 Å². The fraction of sp³-hybridized carbons (Fsp3) is 0.818. The van der Waals surface area contributed by atoms with E-state index in [0.717, 1.165) is 11.8 Å². The minimum Gasteiger partial charge on any atom is -0.379 e. The zero-order valence-electron chi connectivity index (χ0n) is 9.19. The highest BCUT2D eigenvalue weighted by atomic mass is 79.9. The Bertz CT molecular complexity index is 161. The van der Waals surface area contributed by atoms with Crippen molar-refractivity contribution < 1.29 is 4.74 Å². The number of rotatable bonds is 6. The molecule has 0 bridgehead atoms. The summed E-state index contributed by atoms with van der Waals surface area (Å²) in [6.07, 6.45) is 5.73. The van der Waals surface area contributed by atoms with Gasteiger partial charge in [-0.15, -0.1) is 0 Å². The summed E-state index contributed by atoms with van der Waals surface area (Å²) in [7, 11) is 1.78. The lowest BCUT2D eigenvalue weighted by molar-refractivity contribution is 0.0140. The van der Waals surface area contributed by atoms with Gasteiger partial charge in [0.25, 0.3) is 0 Å². The highest BCUT2D eigenvalue weighted by Gasteiger charge is 2.14. The highest BCUT2D eigenvalue weighted by Crippen LogP contribution is 2.18. The second-order valence-electron chi connectivity index (χ2n) is 4.02. The van der Waals surface area contributed by atoms with Crippen LogP contribution in [0.1, 0.15) is 40.0 Å². The van der Waals surface area contributed by atoms with Crippen LogP contribution in [0.25, 0.3) is 0 Å². The van der Waals surface area contributed by atoms with Crippen LogP contribution in [0.2, 0.25) is 0 Å². The van der Waals surface area contributed by atoms with Crippen LogP contribution in [-0.2, 0) is 4.74 Å². The van der Waals surface area contributed by atoms with Gasteiger partial charge in [-0.1, -0.05) is 27.6 Å². The second-order valence-corrected chi connectivity index (χ2v) is 4.67. The van der Waals surface area contributed by atoms with Gasteiger partial charge in [0.1, 0.15) is 0 Å². The normalized spacial score (nSPS) is 13.5. The first-order chi connectivity index (χ1) is 6.02. The number of hydrogen-bond donors (Lipinski definition) is 0. The Morgan fingerprint density at radius 3 is 2.54 bits per heavy atom. The van der Waals surface area contributed by atoms with Crippen LogP contribution >= 0.6 is 15.9 Å². The number of alkyl halides is 1. The first-order valence-corrected chi connectivity index (χ1v) is 5.91. The summed E-state index contributed by atoms with van der Waals surface area (Å²) in [5, 5.41) is 0.965. The number of hydrogen-bond acceptors (Lipinski definition) is 1. The molecule has 0 aliphatic rings. The molecule has 2 heteroatoms. The zero-order valence-corrected chi connectivity index (χ0v) is 10.8. The quantitative estimate of drug-likeness (QED) is 0.512. The van der Waals surface area contributed by atoms with Crippen molar-refractivity contribution in [1.29, 1.82) is 0 Å². The fourth-order valence-corrected chi connectivity index (χ4v) is 1.68. The Morgan fingerprint density at radius 2 is 2.08 bits per heavy atom. The summed E-state index contributed by atoms with van der Waals surface area (Å²) >= 11 is 3.39. The average molecular weight is 249 g/mol. The molecule has 0 spiro atoms. The van der Waals surface area contributed by atoms with Gasteiger partial charge in [0.15, 0.2) is 0 Å². The Balaban J connectivity index is 3.62. The molecule has 78 valence electrons. The third kappa shape index (κ3) is 7.27. The second kappa shape index (κ2) is 6.61. The molecule has 0 fully saturated rings. The topological polar surface area (TPSA) is 9.23 Å². The Kier molecular flexibility index (Phi) is 6.70. The molecule has 0 atom stereocenters. The summed E-state index contributed by atoms with van der Waals surface area (Å²) in [6, 6.07) is 0. The SMILES string of the molecule is COC(C)(C)CCC/C(C)=C/CBr. The molecular weight excluding hydrogens is 228 g/mol. The smallest absolute Gasteiger partial charge is 0.0622 e. The van der Waals surface area contributed by atoms with E-state index in [-0.39, 0.29) is 5.60 Å². The van der Waals surface area contributed by atoms with Gasteiger partial charge >= 0.3 is 0 Å². The highest BCUT2D eigenvalue weighted by molar-refractivity contribution is 9.09. The molecule has 0 aromatic rings. The van der Waals surface area contributed by atoms with Gasteiger partial charge in [0.05, 0.1) is 5.60 Å². The van der Waals surface area contributed by atoms with Crippen LogP contribution in [0.15, 0.2) is 11.6 Å². The molecule has 1 nitrogen and oxygen atoms in total. The van der Waals surface area contributed by atoms with Crippen molar-refractivity contribution in [3.8, 4) is 0 Å². The summed E-state index contributed by atoms with van der Waals surface area (Å²) in [5.74, 6) is 0. The van der Waals surface area contributed by atoms with Crippen molar-refractivity contribution in [2.45, 2.75) is 45.6 Å². The maximum Gasteiger partial charge on any atom is 0.0622 e. The van der Waals surface area contributed by atoms with Gasteiger partial charge in [-0.05, 0) is 40.0 Å². The number of halogens is 1. The molecule has 0 heterocycles. The van der Waals surface area contributed by atoms with E-state index in [1.165, 1.54) is 18.4 Å². The van der Waals surface area contributed by atoms with E-state index in [4.69, 9.17) is 4.74 Å². The van der Waals surface area contributed by atoms with Crippen molar-refractivity contribution in [3.05, 3.63) is 11.6 Å². The summed E-state index contributed by atoms with van der Waals surface area (Å²) in [4.78, 5) is 0. The molecular formula is C11H21BrO. The minimum absolute atomic E-state index is 0.0364. The number of allylic oxidation sites excluding steroid dienone is 2. The predicted octanol–water partition coefficient (Wildman–Crippen LogP) is 3.92.